The Hall–Kier alpha value is -1.93. The molecule has 0 aromatic heterocycles. The molecule has 0 atom stereocenters. The highest BCUT2D eigenvalue weighted by molar-refractivity contribution is 5.96. The van der Waals surface area contributed by atoms with Crippen molar-refractivity contribution in [2.75, 3.05) is 6.61 Å². The van der Waals surface area contributed by atoms with Gasteiger partial charge in [-0.1, -0.05) is 66.2 Å². The minimum atomic E-state index is -0.413. The van der Waals surface area contributed by atoms with Crippen LogP contribution in [0.5, 0.6) is 0 Å². The van der Waals surface area contributed by atoms with E-state index in [1.54, 1.807) is 24.3 Å². The van der Waals surface area contributed by atoms with Crippen molar-refractivity contribution in [2.45, 2.75) is 6.92 Å². The molecule has 0 unspecified atom stereocenters. The van der Waals surface area contributed by atoms with E-state index in [-0.39, 0.29) is 5.78 Å². The Labute approximate surface area is 102 Å². The zero-order chi connectivity index (χ0) is 12.5. The Kier molecular flexibility index (Phi) is 5.69. The van der Waals surface area contributed by atoms with Gasteiger partial charge < -0.3 is 5.11 Å². The summed E-state index contributed by atoms with van der Waals surface area (Å²) in [5, 5.41) is 8.44. The van der Waals surface area contributed by atoms with Crippen LogP contribution >= 0.6 is 0 Å². The van der Waals surface area contributed by atoms with Crippen LogP contribution in [0.4, 0.5) is 0 Å². The maximum absolute atomic E-state index is 10.8. The Morgan fingerprint density at radius 2 is 1.41 bits per heavy atom. The molecule has 1 N–H and O–H groups in total. The van der Waals surface area contributed by atoms with Crippen molar-refractivity contribution in [3.8, 4) is 0 Å². The molecule has 2 heteroatoms. The molecule has 0 bridgehead atoms. The van der Waals surface area contributed by atoms with Crippen LogP contribution in [0.1, 0.15) is 15.9 Å². The highest BCUT2D eigenvalue weighted by Gasteiger charge is 1.99. The Balaban J connectivity index is 0.000000181. The summed E-state index contributed by atoms with van der Waals surface area (Å²) < 4.78 is 0. The van der Waals surface area contributed by atoms with Crippen molar-refractivity contribution in [2.24, 2.45) is 0 Å². The molecule has 17 heavy (non-hydrogen) atoms. The normalized spacial score (nSPS) is 9.06. The van der Waals surface area contributed by atoms with Gasteiger partial charge in [0, 0.05) is 5.56 Å². The first-order valence-electron chi connectivity index (χ1n) is 5.45. The number of carbonyl (C=O) groups excluding carboxylic acids is 1. The zero-order valence-corrected chi connectivity index (χ0v) is 9.84. The van der Waals surface area contributed by atoms with E-state index in [9.17, 15) is 4.79 Å². The standard InChI is InChI=1S/C8H8O2.C7H8/c9-6-8(10)7-4-2-1-3-5-7;1-7-5-3-2-4-6-7/h1-5,9H,6H2;2-6H,1H3. The van der Waals surface area contributed by atoms with Gasteiger partial charge in [-0.2, -0.15) is 0 Å². The van der Waals surface area contributed by atoms with Crippen molar-refractivity contribution in [1.82, 2.24) is 0 Å². The van der Waals surface area contributed by atoms with Crippen LogP contribution in [0.15, 0.2) is 60.7 Å². The number of Topliss-reactive ketones (excluding diaryl/α,β-unsaturated/α-hetero) is 1. The van der Waals surface area contributed by atoms with Crippen molar-refractivity contribution >= 4 is 5.78 Å². The minimum absolute atomic E-state index is 0.236. The maximum atomic E-state index is 10.8. The van der Waals surface area contributed by atoms with E-state index < -0.39 is 6.61 Å². The second-order valence-electron chi connectivity index (χ2n) is 3.60. The number of hydrogen-bond donors (Lipinski definition) is 1. The van der Waals surface area contributed by atoms with Gasteiger partial charge in [-0.3, -0.25) is 4.79 Å². The summed E-state index contributed by atoms with van der Waals surface area (Å²) in [6, 6.07) is 19.0. The molecule has 0 fully saturated rings. The van der Waals surface area contributed by atoms with E-state index in [4.69, 9.17) is 5.11 Å². The second kappa shape index (κ2) is 7.36. The van der Waals surface area contributed by atoms with E-state index in [1.807, 2.05) is 24.3 Å². The number of benzene rings is 2. The molecule has 2 nitrogen and oxygen atoms in total. The lowest BCUT2D eigenvalue weighted by Crippen LogP contribution is -2.02. The summed E-state index contributed by atoms with van der Waals surface area (Å²) in [6.45, 7) is 1.67. The van der Waals surface area contributed by atoms with Crippen molar-refractivity contribution in [3.63, 3.8) is 0 Å². The van der Waals surface area contributed by atoms with Gasteiger partial charge in [-0.05, 0) is 6.92 Å². The first-order chi connectivity index (χ1) is 8.24. The van der Waals surface area contributed by atoms with Crippen molar-refractivity contribution in [3.05, 3.63) is 71.8 Å². The van der Waals surface area contributed by atoms with Gasteiger partial charge >= 0.3 is 0 Å². The van der Waals surface area contributed by atoms with Crippen LogP contribution < -0.4 is 0 Å². The largest absolute Gasteiger partial charge is 0.388 e. The van der Waals surface area contributed by atoms with Crippen molar-refractivity contribution < 1.29 is 9.90 Å². The number of carbonyl (C=O) groups is 1. The van der Waals surface area contributed by atoms with Crippen LogP contribution in [0, 0.1) is 6.92 Å². The van der Waals surface area contributed by atoms with Crippen LogP contribution in [0.25, 0.3) is 0 Å². The molecule has 0 amide bonds. The zero-order valence-electron chi connectivity index (χ0n) is 9.84. The third-order valence-electron chi connectivity index (χ3n) is 2.18. The molecule has 88 valence electrons. The molecule has 2 rings (SSSR count). The predicted molar refractivity (Wildman–Crippen MR) is 69.0 cm³/mol. The van der Waals surface area contributed by atoms with Gasteiger partial charge in [-0.25, -0.2) is 0 Å². The fraction of sp³-hybridized carbons (Fsp3) is 0.133. The molecule has 0 saturated carbocycles. The summed E-state index contributed by atoms with van der Waals surface area (Å²) in [5.41, 5.74) is 1.88. The van der Waals surface area contributed by atoms with E-state index >= 15 is 0 Å². The Bertz CT molecular complexity index is 435. The van der Waals surface area contributed by atoms with Gasteiger partial charge in [-0.15, -0.1) is 0 Å². The van der Waals surface area contributed by atoms with E-state index in [1.165, 1.54) is 5.56 Å². The molecular formula is C15H16O2. The van der Waals surface area contributed by atoms with Gasteiger partial charge in [0.25, 0.3) is 0 Å². The maximum Gasteiger partial charge on any atom is 0.188 e. The number of hydrogen-bond acceptors (Lipinski definition) is 2. The quantitative estimate of drug-likeness (QED) is 0.802. The van der Waals surface area contributed by atoms with Crippen molar-refractivity contribution in [1.29, 1.82) is 0 Å². The number of ketones is 1. The first-order valence-corrected chi connectivity index (χ1v) is 5.45. The highest BCUT2D eigenvalue weighted by atomic mass is 16.3. The lowest BCUT2D eigenvalue weighted by atomic mass is 10.1. The van der Waals surface area contributed by atoms with Crippen LogP contribution in [0.2, 0.25) is 0 Å². The molecule has 2 aromatic rings. The second-order valence-corrected chi connectivity index (χ2v) is 3.60. The summed E-state index contributed by atoms with van der Waals surface area (Å²) in [5.74, 6) is -0.236. The van der Waals surface area contributed by atoms with Gasteiger partial charge in [0.2, 0.25) is 0 Å². The summed E-state index contributed by atoms with van der Waals surface area (Å²) in [4.78, 5) is 10.8. The molecule has 0 heterocycles. The predicted octanol–water partition coefficient (Wildman–Crippen LogP) is 2.86. The molecule has 0 spiro atoms. The first kappa shape index (κ1) is 13.1. The fourth-order valence-electron chi connectivity index (χ4n) is 1.25. The lowest BCUT2D eigenvalue weighted by molar-refractivity contribution is 0.0904. The average molecular weight is 228 g/mol. The molecule has 0 aliphatic rings. The third-order valence-corrected chi connectivity index (χ3v) is 2.18. The van der Waals surface area contributed by atoms with Crippen LogP contribution in [0.3, 0.4) is 0 Å². The molecule has 0 radical (unpaired) electrons. The average Bonchev–Trinajstić information content (AvgIpc) is 2.40. The minimum Gasteiger partial charge on any atom is -0.388 e. The van der Waals surface area contributed by atoms with E-state index in [0.29, 0.717) is 5.56 Å². The number of aliphatic hydroxyl groups is 1. The van der Waals surface area contributed by atoms with Crippen LogP contribution in [-0.2, 0) is 0 Å². The fourth-order valence-corrected chi connectivity index (χ4v) is 1.25. The molecule has 0 aliphatic carbocycles. The Morgan fingerprint density at radius 3 is 1.76 bits per heavy atom. The topological polar surface area (TPSA) is 37.3 Å². The number of aryl methyl sites for hydroxylation is 1. The lowest BCUT2D eigenvalue weighted by Gasteiger charge is -1.93. The summed E-state index contributed by atoms with van der Waals surface area (Å²) in [7, 11) is 0. The monoisotopic (exact) mass is 228 g/mol. The van der Waals surface area contributed by atoms with Gasteiger partial charge in [0.15, 0.2) is 5.78 Å². The summed E-state index contributed by atoms with van der Waals surface area (Å²) >= 11 is 0. The Morgan fingerprint density at radius 1 is 0.941 bits per heavy atom. The van der Waals surface area contributed by atoms with Crippen LogP contribution in [-0.4, -0.2) is 17.5 Å². The summed E-state index contributed by atoms with van der Waals surface area (Å²) in [6.07, 6.45) is 0. The number of aliphatic hydroxyl groups excluding tert-OH is 1. The van der Waals surface area contributed by atoms with E-state index in [2.05, 4.69) is 19.1 Å². The van der Waals surface area contributed by atoms with E-state index in [0.717, 1.165) is 0 Å². The third kappa shape index (κ3) is 5.09. The SMILES string of the molecule is Cc1ccccc1.O=C(CO)c1ccccc1. The molecule has 0 saturated heterocycles. The molecular weight excluding hydrogens is 212 g/mol. The molecule has 2 aromatic carbocycles. The smallest absolute Gasteiger partial charge is 0.188 e. The highest BCUT2D eigenvalue weighted by Crippen LogP contribution is 1.98. The van der Waals surface area contributed by atoms with Gasteiger partial charge in [0.1, 0.15) is 6.61 Å². The number of rotatable bonds is 2. The molecule has 0 aliphatic heterocycles. The van der Waals surface area contributed by atoms with Gasteiger partial charge in [0.05, 0.1) is 0 Å².